The van der Waals surface area contributed by atoms with Crippen LogP contribution in [0.5, 0.6) is 5.75 Å². The zero-order valence-corrected chi connectivity index (χ0v) is 12.7. The topological polar surface area (TPSA) is 12.5 Å². The van der Waals surface area contributed by atoms with Gasteiger partial charge in [-0.15, -0.1) is 11.6 Å². The van der Waals surface area contributed by atoms with Crippen molar-refractivity contribution in [2.24, 2.45) is 0 Å². The third-order valence-corrected chi connectivity index (χ3v) is 3.63. The van der Waals surface area contributed by atoms with E-state index in [1.54, 1.807) is 7.11 Å². The van der Waals surface area contributed by atoms with Crippen LogP contribution >= 0.6 is 11.6 Å². The van der Waals surface area contributed by atoms with E-state index in [4.69, 9.17) is 16.3 Å². The molecular weight excluding hydrogens is 270 g/mol. The molecule has 0 aromatic heterocycles. The van der Waals surface area contributed by atoms with Crippen LogP contribution in [0, 0.1) is 0 Å². The molecule has 2 aromatic carbocycles. The lowest BCUT2D eigenvalue weighted by molar-refractivity contribution is 0.327. The number of nitrogens with zero attached hydrogens (tertiary/aromatic N) is 1. The van der Waals surface area contributed by atoms with Gasteiger partial charge in [0.2, 0.25) is 0 Å². The van der Waals surface area contributed by atoms with E-state index in [1.165, 1.54) is 5.56 Å². The van der Waals surface area contributed by atoms with Crippen molar-refractivity contribution in [1.82, 2.24) is 4.90 Å². The van der Waals surface area contributed by atoms with E-state index in [0.29, 0.717) is 0 Å². The van der Waals surface area contributed by atoms with Crippen LogP contribution in [0.25, 0.3) is 0 Å². The predicted octanol–water partition coefficient (Wildman–Crippen LogP) is 4.11. The zero-order valence-electron chi connectivity index (χ0n) is 11.9. The summed E-state index contributed by atoms with van der Waals surface area (Å²) in [6, 6.07) is 18.4. The van der Waals surface area contributed by atoms with Gasteiger partial charge in [0.15, 0.2) is 0 Å². The van der Waals surface area contributed by atoms with Gasteiger partial charge >= 0.3 is 0 Å². The first-order valence-electron chi connectivity index (χ1n) is 6.69. The van der Waals surface area contributed by atoms with Gasteiger partial charge in [0.1, 0.15) is 5.75 Å². The number of rotatable bonds is 6. The molecule has 0 saturated carbocycles. The number of benzene rings is 2. The fraction of sp³-hybridized carbons (Fsp3) is 0.294. The summed E-state index contributed by atoms with van der Waals surface area (Å²) >= 11 is 6.48. The molecular formula is C17H20ClNO. The largest absolute Gasteiger partial charge is 0.497 e. The molecule has 20 heavy (non-hydrogen) atoms. The minimum absolute atomic E-state index is 0.0189. The number of methoxy groups -OCH3 is 1. The second kappa shape index (κ2) is 7.32. The van der Waals surface area contributed by atoms with Crippen LogP contribution in [-0.4, -0.2) is 25.6 Å². The number of hydrogen-bond donors (Lipinski definition) is 0. The molecule has 3 heteroatoms. The van der Waals surface area contributed by atoms with Crippen LogP contribution in [0.4, 0.5) is 0 Å². The number of hydrogen-bond acceptors (Lipinski definition) is 2. The first-order chi connectivity index (χ1) is 9.69. The highest BCUT2D eigenvalue weighted by atomic mass is 35.5. The van der Waals surface area contributed by atoms with Gasteiger partial charge in [-0.3, -0.25) is 0 Å². The Morgan fingerprint density at radius 3 is 2.30 bits per heavy atom. The number of halogens is 1. The Morgan fingerprint density at radius 2 is 1.70 bits per heavy atom. The molecule has 2 aromatic rings. The standard InChI is InChI=1S/C17H20ClNO/c1-19(12-14-6-4-3-5-7-14)13-17(18)15-8-10-16(20-2)11-9-15/h3-11,17H,12-13H2,1-2H3. The van der Waals surface area contributed by atoms with Crippen molar-refractivity contribution in [3.8, 4) is 5.75 Å². The van der Waals surface area contributed by atoms with Crippen molar-refractivity contribution in [2.75, 3.05) is 20.7 Å². The fourth-order valence-electron chi connectivity index (χ4n) is 2.15. The predicted molar refractivity (Wildman–Crippen MR) is 84.4 cm³/mol. The molecule has 0 aliphatic rings. The van der Waals surface area contributed by atoms with Crippen LogP contribution < -0.4 is 4.74 Å². The summed E-state index contributed by atoms with van der Waals surface area (Å²) < 4.78 is 5.16. The highest BCUT2D eigenvalue weighted by molar-refractivity contribution is 6.21. The van der Waals surface area contributed by atoms with E-state index >= 15 is 0 Å². The molecule has 1 unspecified atom stereocenters. The fourth-order valence-corrected chi connectivity index (χ4v) is 2.53. The first-order valence-corrected chi connectivity index (χ1v) is 7.13. The van der Waals surface area contributed by atoms with Gasteiger partial charge in [-0.1, -0.05) is 42.5 Å². The Labute approximate surface area is 125 Å². The van der Waals surface area contributed by atoms with E-state index in [9.17, 15) is 0 Å². The molecule has 0 bridgehead atoms. The van der Waals surface area contributed by atoms with Crippen LogP contribution in [0.3, 0.4) is 0 Å². The summed E-state index contributed by atoms with van der Waals surface area (Å²) in [5, 5.41) is -0.0189. The van der Waals surface area contributed by atoms with E-state index in [0.717, 1.165) is 24.4 Å². The monoisotopic (exact) mass is 289 g/mol. The van der Waals surface area contributed by atoms with Gasteiger partial charge < -0.3 is 9.64 Å². The van der Waals surface area contributed by atoms with Crippen LogP contribution in [0.15, 0.2) is 54.6 Å². The van der Waals surface area contributed by atoms with E-state index in [-0.39, 0.29) is 5.38 Å². The molecule has 0 heterocycles. The maximum absolute atomic E-state index is 6.48. The van der Waals surface area contributed by atoms with Crippen molar-refractivity contribution in [3.63, 3.8) is 0 Å². The van der Waals surface area contributed by atoms with Gasteiger partial charge in [0.25, 0.3) is 0 Å². The summed E-state index contributed by atoms with van der Waals surface area (Å²) in [5.41, 5.74) is 2.42. The third kappa shape index (κ3) is 4.26. The quantitative estimate of drug-likeness (QED) is 0.742. The Hall–Kier alpha value is -1.51. The second-order valence-electron chi connectivity index (χ2n) is 4.92. The molecule has 0 N–H and O–H groups in total. The summed E-state index contributed by atoms with van der Waals surface area (Å²) in [7, 11) is 3.76. The van der Waals surface area contributed by atoms with Crippen LogP contribution in [0.2, 0.25) is 0 Å². The maximum atomic E-state index is 6.48. The molecule has 106 valence electrons. The number of ether oxygens (including phenoxy) is 1. The van der Waals surface area contributed by atoms with E-state index in [1.807, 2.05) is 30.3 Å². The zero-order chi connectivity index (χ0) is 14.4. The van der Waals surface area contributed by atoms with Crippen LogP contribution in [0.1, 0.15) is 16.5 Å². The number of alkyl halides is 1. The Morgan fingerprint density at radius 1 is 1.05 bits per heavy atom. The second-order valence-corrected chi connectivity index (χ2v) is 5.45. The lowest BCUT2D eigenvalue weighted by atomic mass is 10.1. The minimum atomic E-state index is -0.0189. The summed E-state index contributed by atoms with van der Waals surface area (Å²) in [5.74, 6) is 0.857. The summed E-state index contributed by atoms with van der Waals surface area (Å²) in [6.07, 6.45) is 0. The van der Waals surface area contributed by atoms with Gasteiger partial charge in [-0.2, -0.15) is 0 Å². The molecule has 0 amide bonds. The summed E-state index contributed by atoms with van der Waals surface area (Å²) in [6.45, 7) is 1.71. The third-order valence-electron chi connectivity index (χ3n) is 3.24. The Bertz CT molecular complexity index is 512. The minimum Gasteiger partial charge on any atom is -0.497 e. The SMILES string of the molecule is COc1ccc(C(Cl)CN(C)Cc2ccccc2)cc1. The molecule has 2 rings (SSSR count). The average molecular weight is 290 g/mol. The molecule has 0 saturated heterocycles. The van der Waals surface area contributed by atoms with E-state index < -0.39 is 0 Å². The molecule has 0 aliphatic carbocycles. The lowest BCUT2D eigenvalue weighted by Crippen LogP contribution is -2.22. The molecule has 0 aliphatic heterocycles. The number of likely N-dealkylation sites (N-methyl/N-ethyl adjacent to an activating group) is 1. The molecule has 2 nitrogen and oxygen atoms in total. The normalized spacial score (nSPS) is 12.4. The van der Waals surface area contributed by atoms with E-state index in [2.05, 4.69) is 36.2 Å². The van der Waals surface area contributed by atoms with Gasteiger partial charge in [-0.05, 0) is 30.3 Å². The van der Waals surface area contributed by atoms with Crippen molar-refractivity contribution in [2.45, 2.75) is 11.9 Å². The molecule has 0 spiro atoms. The average Bonchev–Trinajstić information content (AvgIpc) is 2.48. The lowest BCUT2D eigenvalue weighted by Gasteiger charge is -2.20. The van der Waals surface area contributed by atoms with Crippen molar-refractivity contribution in [3.05, 3.63) is 65.7 Å². The van der Waals surface area contributed by atoms with Crippen molar-refractivity contribution < 1.29 is 4.74 Å². The Kier molecular flexibility index (Phi) is 5.45. The molecule has 0 fully saturated rings. The van der Waals surface area contributed by atoms with Crippen LogP contribution in [-0.2, 0) is 6.54 Å². The Balaban J connectivity index is 1.91. The van der Waals surface area contributed by atoms with Gasteiger partial charge in [-0.25, -0.2) is 0 Å². The molecule has 0 radical (unpaired) electrons. The van der Waals surface area contributed by atoms with Crippen molar-refractivity contribution >= 4 is 11.6 Å². The summed E-state index contributed by atoms with van der Waals surface area (Å²) in [4.78, 5) is 2.23. The molecule has 1 atom stereocenters. The highest BCUT2D eigenvalue weighted by Crippen LogP contribution is 2.24. The highest BCUT2D eigenvalue weighted by Gasteiger charge is 2.11. The maximum Gasteiger partial charge on any atom is 0.118 e. The first kappa shape index (κ1) is 14.9. The van der Waals surface area contributed by atoms with Gasteiger partial charge in [0, 0.05) is 13.1 Å². The smallest absolute Gasteiger partial charge is 0.118 e. The van der Waals surface area contributed by atoms with Crippen molar-refractivity contribution in [1.29, 1.82) is 0 Å². The van der Waals surface area contributed by atoms with Gasteiger partial charge in [0.05, 0.1) is 12.5 Å².